The Morgan fingerprint density at radius 2 is 1.21 bits per heavy atom. The number of fused-ring (bicyclic) bond motifs is 2. The van der Waals surface area contributed by atoms with E-state index in [0.29, 0.717) is 34.3 Å². The van der Waals surface area contributed by atoms with Crippen LogP contribution in [0.1, 0.15) is 15.1 Å². The van der Waals surface area contributed by atoms with Gasteiger partial charge in [0.05, 0.1) is 21.3 Å². The predicted octanol–water partition coefficient (Wildman–Crippen LogP) is 9.83. The summed E-state index contributed by atoms with van der Waals surface area (Å²) in [5, 5.41) is 6.97. The minimum atomic E-state index is -0.615. The van der Waals surface area contributed by atoms with Crippen molar-refractivity contribution < 1.29 is 23.9 Å². The molecular weight excluding hydrogens is 532 g/mol. The Hall–Kier alpha value is -6.01. The molecule has 0 aliphatic carbocycles. The fraction of sp³-hybridized carbons (Fsp3) is 0. The van der Waals surface area contributed by atoms with Gasteiger partial charge < -0.3 is 13.7 Å². The molecule has 8 rings (SSSR count). The van der Waals surface area contributed by atoms with Gasteiger partial charge >= 0.3 is 0 Å². The second-order valence-corrected chi connectivity index (χ2v) is 9.39. The molecule has 6 heteroatoms. The Balaban J connectivity index is 1.34. The van der Waals surface area contributed by atoms with Crippen molar-refractivity contribution in [3.8, 4) is 34.0 Å². The lowest BCUT2D eigenvalue weighted by Crippen LogP contribution is -2.09. The molecule has 6 aromatic carbocycles. The van der Waals surface area contributed by atoms with Crippen molar-refractivity contribution in [3.05, 3.63) is 146 Å². The Kier molecular flexibility index (Phi) is 3.84. The highest BCUT2D eigenvalue weighted by molar-refractivity contribution is 5.94. The van der Waals surface area contributed by atoms with Crippen LogP contribution in [0.2, 0.25) is 0 Å². The third-order valence-corrected chi connectivity index (χ3v) is 6.77. The number of rotatable bonds is 6. The van der Waals surface area contributed by atoms with Gasteiger partial charge in [-0.15, -0.1) is 10.2 Å². The number of aromatic nitrogens is 3. The van der Waals surface area contributed by atoms with Gasteiger partial charge in [0.15, 0.2) is 0 Å². The zero-order valence-electron chi connectivity index (χ0n) is 33.1. The molecule has 6 nitrogen and oxygen atoms in total. The Bertz CT molecular complexity index is 2700. The van der Waals surface area contributed by atoms with Crippen LogP contribution in [0.15, 0.2) is 155 Å². The van der Waals surface area contributed by atoms with Crippen molar-refractivity contribution in [3.63, 3.8) is 0 Å². The van der Waals surface area contributed by atoms with E-state index in [-0.39, 0.29) is 62.5 Å². The van der Waals surface area contributed by atoms with Gasteiger partial charge in [0.25, 0.3) is 0 Å². The Labute approximate surface area is 263 Å². The van der Waals surface area contributed by atoms with Crippen LogP contribution in [0, 0.1) is 0 Å². The van der Waals surface area contributed by atoms with E-state index in [1.54, 1.807) is 53.4 Å². The molecule has 0 bridgehead atoms. The molecule has 2 aromatic heterocycles. The molecule has 0 amide bonds. The highest BCUT2D eigenvalue weighted by Crippen LogP contribution is 2.38. The van der Waals surface area contributed by atoms with E-state index in [1.807, 2.05) is 0 Å². The van der Waals surface area contributed by atoms with E-state index in [2.05, 4.69) is 15.2 Å². The second-order valence-electron chi connectivity index (χ2n) is 9.39. The molecule has 8 aromatic rings. The molecule has 0 saturated heterocycles. The van der Waals surface area contributed by atoms with Crippen LogP contribution in [0.25, 0.3) is 55.6 Å². The van der Waals surface area contributed by atoms with Crippen molar-refractivity contribution >= 4 is 38.6 Å². The first-order valence-electron chi connectivity index (χ1n) is 18.6. The number of hydrogen-bond acceptors (Lipinski definition) is 6. The highest BCUT2D eigenvalue weighted by Gasteiger charge is 2.15. The highest BCUT2D eigenvalue weighted by atomic mass is 16.4. The molecular formula is C37H24N4O2. The number of benzene rings is 6. The van der Waals surface area contributed by atoms with Gasteiger partial charge in [0, 0.05) is 28.2 Å². The molecule has 0 spiro atoms. The van der Waals surface area contributed by atoms with Crippen LogP contribution in [0.3, 0.4) is 0 Å². The lowest BCUT2D eigenvalue weighted by atomic mass is 9.98. The fourth-order valence-electron chi connectivity index (χ4n) is 4.73. The van der Waals surface area contributed by atoms with Crippen LogP contribution >= 0.6 is 0 Å². The number of nitrogens with zero attached hydrogens (tertiary/aromatic N) is 4. The van der Waals surface area contributed by atoms with Crippen molar-refractivity contribution in [2.24, 2.45) is 0 Å². The predicted molar refractivity (Wildman–Crippen MR) is 170 cm³/mol. The van der Waals surface area contributed by atoms with Crippen LogP contribution in [-0.2, 0) is 0 Å². The normalized spacial score (nSPS) is 14.8. The van der Waals surface area contributed by atoms with E-state index in [0.717, 1.165) is 0 Å². The van der Waals surface area contributed by atoms with Gasteiger partial charge in [-0.2, -0.15) is 0 Å². The largest absolute Gasteiger partial charge is 0.445 e. The summed E-state index contributed by atoms with van der Waals surface area (Å²) < 4.78 is 107. The maximum atomic E-state index is 9.44. The van der Waals surface area contributed by atoms with Crippen LogP contribution in [0.4, 0.5) is 17.1 Å². The van der Waals surface area contributed by atoms with Crippen LogP contribution in [0.5, 0.6) is 0 Å². The average molecular weight is 568 g/mol. The monoisotopic (exact) mass is 567 g/mol. The molecule has 0 N–H and O–H groups in total. The van der Waals surface area contributed by atoms with Crippen LogP contribution < -0.4 is 4.90 Å². The summed E-state index contributed by atoms with van der Waals surface area (Å²) in [6.07, 6.45) is 4.21. The fourth-order valence-corrected chi connectivity index (χ4v) is 4.73. The quantitative estimate of drug-likeness (QED) is 0.199. The Morgan fingerprint density at radius 1 is 0.535 bits per heavy atom. The lowest BCUT2D eigenvalue weighted by molar-refractivity contribution is 0.568. The molecule has 0 saturated carbocycles. The summed E-state index contributed by atoms with van der Waals surface area (Å²) in [7, 11) is 0. The standard InChI is InChI=1S/C37H24N4O2/c1-2-4-28-21-29(6-5-25(28)3-1)30-7-8-32-23-35(18-13-31(32)22-30)41(33-14-9-26(10-15-33)36-38-19-20-42-36)34-16-11-27(12-17-34)37-40-39-24-43-37/h1-24H/i1D,2D,3D,4D,5D,6D,8D,13D,21D,22D,23D. The average Bonchev–Trinajstić information content (AvgIpc) is 3.91. The molecule has 0 atom stereocenters. The van der Waals surface area contributed by atoms with Crippen molar-refractivity contribution in [2.75, 3.05) is 4.90 Å². The summed E-state index contributed by atoms with van der Waals surface area (Å²) in [4.78, 5) is 5.93. The van der Waals surface area contributed by atoms with Gasteiger partial charge in [-0.25, -0.2) is 4.98 Å². The number of oxazole rings is 1. The van der Waals surface area contributed by atoms with Gasteiger partial charge in [-0.05, 0) is 105 Å². The van der Waals surface area contributed by atoms with Gasteiger partial charge in [-0.1, -0.05) is 54.4 Å². The first-order valence-corrected chi connectivity index (χ1v) is 13.1. The maximum Gasteiger partial charge on any atom is 0.247 e. The first-order chi connectivity index (χ1) is 25.9. The van der Waals surface area contributed by atoms with Gasteiger partial charge in [-0.3, -0.25) is 0 Å². The topological polar surface area (TPSA) is 68.2 Å². The molecule has 0 radical (unpaired) electrons. The van der Waals surface area contributed by atoms with Crippen molar-refractivity contribution in [2.45, 2.75) is 0 Å². The van der Waals surface area contributed by atoms with E-state index in [4.69, 9.17) is 19.8 Å². The summed E-state index contributed by atoms with van der Waals surface area (Å²) in [6, 6.07) is 11.7. The summed E-state index contributed by atoms with van der Waals surface area (Å²) in [6.45, 7) is 0. The zero-order chi connectivity index (χ0) is 38.2. The molecule has 0 unspecified atom stereocenters. The van der Waals surface area contributed by atoms with Crippen molar-refractivity contribution in [1.82, 2.24) is 15.2 Å². The Morgan fingerprint density at radius 3 is 1.93 bits per heavy atom. The van der Waals surface area contributed by atoms with Crippen molar-refractivity contribution in [1.29, 1.82) is 0 Å². The lowest BCUT2D eigenvalue weighted by Gasteiger charge is -2.26. The zero-order valence-corrected chi connectivity index (χ0v) is 22.1. The second kappa shape index (κ2) is 10.4. The number of hydrogen-bond donors (Lipinski definition) is 0. The third kappa shape index (κ3) is 4.71. The van der Waals surface area contributed by atoms with Gasteiger partial charge in [0.1, 0.15) is 6.26 Å². The summed E-state index contributed by atoms with van der Waals surface area (Å²) in [5.74, 6) is 0.711. The molecule has 43 heavy (non-hydrogen) atoms. The molecule has 0 aliphatic rings. The maximum absolute atomic E-state index is 9.44. The molecule has 204 valence electrons. The van der Waals surface area contributed by atoms with Crippen LogP contribution in [-0.4, -0.2) is 15.2 Å². The smallest absolute Gasteiger partial charge is 0.247 e. The summed E-state index contributed by atoms with van der Waals surface area (Å²) >= 11 is 0. The minimum Gasteiger partial charge on any atom is -0.445 e. The van der Waals surface area contributed by atoms with E-state index in [9.17, 15) is 4.11 Å². The molecule has 0 fully saturated rings. The van der Waals surface area contributed by atoms with Gasteiger partial charge in [0.2, 0.25) is 18.2 Å². The molecule has 2 heterocycles. The minimum absolute atomic E-state index is 0.0398. The van der Waals surface area contributed by atoms with E-state index >= 15 is 0 Å². The number of anilines is 3. The molecule has 0 aliphatic heterocycles. The SMILES string of the molecule is [2H]c1c([2H])c([2H])c2c([2H])c(-c3cc([2H])c4c([2H])c(N(c5ccc(-c6ncco6)cc5)c5ccc(-c6nnco6)cc5)cc([2H])c4c3[2H])c([2H])c([2H])c2c1[2H]. The van der Waals surface area contributed by atoms with E-state index < -0.39 is 42.3 Å². The third-order valence-electron chi connectivity index (χ3n) is 6.77. The van der Waals surface area contributed by atoms with E-state index in [1.165, 1.54) is 31.0 Å². The first kappa shape index (κ1) is 15.8. The summed E-state index contributed by atoms with van der Waals surface area (Å²) in [5.41, 5.74) is 2.26.